The highest BCUT2D eigenvalue weighted by atomic mass is 16.5. The minimum absolute atomic E-state index is 0.103. The summed E-state index contributed by atoms with van der Waals surface area (Å²) in [6.45, 7) is 7.48. The van der Waals surface area contributed by atoms with Crippen LogP contribution in [0.4, 0.5) is 0 Å². The van der Waals surface area contributed by atoms with Crippen LogP contribution in [-0.2, 0) is 11.3 Å². The van der Waals surface area contributed by atoms with Crippen LogP contribution >= 0.6 is 0 Å². The molecule has 1 aliphatic heterocycles. The van der Waals surface area contributed by atoms with Gasteiger partial charge in [-0.05, 0) is 50.4 Å². The van der Waals surface area contributed by atoms with Crippen LogP contribution < -0.4 is 10.1 Å². The van der Waals surface area contributed by atoms with Crippen molar-refractivity contribution < 1.29 is 9.53 Å². The summed E-state index contributed by atoms with van der Waals surface area (Å²) in [6.07, 6.45) is 3.03. The Morgan fingerprint density at radius 1 is 1.24 bits per heavy atom. The van der Waals surface area contributed by atoms with Crippen LogP contribution in [0.1, 0.15) is 38.7 Å². The second-order valence-electron chi connectivity index (χ2n) is 5.57. The van der Waals surface area contributed by atoms with E-state index in [0.717, 1.165) is 44.8 Å². The number of benzene rings is 1. The number of likely N-dealkylation sites (tertiary alicyclic amines) is 1. The molecule has 1 saturated heterocycles. The molecule has 1 aromatic carbocycles. The van der Waals surface area contributed by atoms with Gasteiger partial charge in [-0.15, -0.1) is 0 Å². The smallest absolute Gasteiger partial charge is 0.263 e. The quantitative estimate of drug-likeness (QED) is 0.875. The van der Waals surface area contributed by atoms with E-state index in [4.69, 9.17) is 4.74 Å². The van der Waals surface area contributed by atoms with E-state index in [9.17, 15) is 4.79 Å². The third kappa shape index (κ3) is 4.74. The number of rotatable bonds is 6. The van der Waals surface area contributed by atoms with Crippen LogP contribution in [0.25, 0.3) is 0 Å². The van der Waals surface area contributed by atoms with Crippen molar-refractivity contribution in [3.05, 3.63) is 29.8 Å². The Morgan fingerprint density at radius 2 is 1.90 bits per heavy atom. The zero-order chi connectivity index (χ0) is 15.1. The lowest BCUT2D eigenvalue weighted by atomic mass is 10.1. The van der Waals surface area contributed by atoms with E-state index in [-0.39, 0.29) is 5.91 Å². The SMILES string of the molecule is CCNCc1ccc(OC(C)C(=O)N2CCCCC2)cc1. The summed E-state index contributed by atoms with van der Waals surface area (Å²) in [4.78, 5) is 14.2. The predicted octanol–water partition coefficient (Wildman–Crippen LogP) is 2.58. The Bertz CT molecular complexity index is 439. The first-order valence-electron chi connectivity index (χ1n) is 7.96. The van der Waals surface area contributed by atoms with Gasteiger partial charge in [-0.1, -0.05) is 19.1 Å². The average molecular weight is 290 g/mol. The molecular formula is C17H26N2O2. The van der Waals surface area contributed by atoms with Gasteiger partial charge in [0.15, 0.2) is 6.10 Å². The molecule has 1 N–H and O–H groups in total. The van der Waals surface area contributed by atoms with Crippen molar-refractivity contribution >= 4 is 5.91 Å². The molecule has 1 atom stereocenters. The molecule has 1 aliphatic rings. The van der Waals surface area contributed by atoms with Gasteiger partial charge in [-0.3, -0.25) is 4.79 Å². The van der Waals surface area contributed by atoms with Gasteiger partial charge in [0.25, 0.3) is 5.91 Å². The first-order chi connectivity index (χ1) is 10.2. The van der Waals surface area contributed by atoms with Gasteiger partial charge in [0.1, 0.15) is 5.75 Å². The second kappa shape index (κ2) is 8.03. The summed E-state index contributed by atoms with van der Waals surface area (Å²) in [5.41, 5.74) is 1.22. The van der Waals surface area contributed by atoms with Crippen molar-refractivity contribution in [3.8, 4) is 5.75 Å². The summed E-state index contributed by atoms with van der Waals surface area (Å²) in [7, 11) is 0. The first-order valence-corrected chi connectivity index (χ1v) is 7.96. The summed E-state index contributed by atoms with van der Waals surface area (Å²) in [5.74, 6) is 0.861. The highest BCUT2D eigenvalue weighted by Crippen LogP contribution is 2.16. The Balaban J connectivity index is 1.86. The van der Waals surface area contributed by atoms with Crippen LogP contribution in [0, 0.1) is 0 Å². The van der Waals surface area contributed by atoms with Crippen molar-refractivity contribution in [2.75, 3.05) is 19.6 Å². The molecular weight excluding hydrogens is 264 g/mol. The van der Waals surface area contributed by atoms with Gasteiger partial charge in [-0.2, -0.15) is 0 Å². The molecule has 0 spiro atoms. The largest absolute Gasteiger partial charge is 0.481 e. The first kappa shape index (κ1) is 15.8. The van der Waals surface area contributed by atoms with E-state index in [2.05, 4.69) is 12.2 Å². The Kier molecular flexibility index (Phi) is 6.05. The fourth-order valence-electron chi connectivity index (χ4n) is 2.58. The maximum Gasteiger partial charge on any atom is 0.263 e. The number of nitrogens with zero attached hydrogens (tertiary/aromatic N) is 1. The van der Waals surface area contributed by atoms with Gasteiger partial charge in [0, 0.05) is 19.6 Å². The standard InChI is InChI=1S/C17H26N2O2/c1-3-18-13-15-7-9-16(10-8-15)21-14(2)17(20)19-11-5-4-6-12-19/h7-10,14,18H,3-6,11-13H2,1-2H3. The maximum absolute atomic E-state index is 12.3. The number of nitrogens with one attached hydrogen (secondary N) is 1. The monoisotopic (exact) mass is 290 g/mol. The molecule has 4 heteroatoms. The summed E-state index contributed by atoms with van der Waals surface area (Å²) >= 11 is 0. The van der Waals surface area contributed by atoms with Gasteiger partial charge >= 0.3 is 0 Å². The molecule has 0 saturated carbocycles. The molecule has 1 unspecified atom stereocenters. The lowest BCUT2D eigenvalue weighted by Gasteiger charge is -2.29. The normalized spacial score (nSPS) is 16.6. The van der Waals surface area contributed by atoms with Crippen molar-refractivity contribution in [2.24, 2.45) is 0 Å². The van der Waals surface area contributed by atoms with Gasteiger partial charge < -0.3 is 15.0 Å². The maximum atomic E-state index is 12.3. The lowest BCUT2D eigenvalue weighted by Crippen LogP contribution is -2.43. The fourth-order valence-corrected chi connectivity index (χ4v) is 2.58. The molecule has 116 valence electrons. The Labute approximate surface area is 127 Å². The van der Waals surface area contributed by atoms with E-state index in [1.54, 1.807) is 0 Å². The molecule has 0 bridgehead atoms. The highest BCUT2D eigenvalue weighted by Gasteiger charge is 2.23. The van der Waals surface area contributed by atoms with Crippen LogP contribution in [-0.4, -0.2) is 36.5 Å². The third-order valence-corrected chi connectivity index (χ3v) is 3.83. The summed E-state index contributed by atoms with van der Waals surface area (Å²) in [5, 5.41) is 3.28. The van der Waals surface area contributed by atoms with E-state index < -0.39 is 6.10 Å². The number of hydrogen-bond acceptors (Lipinski definition) is 3. The predicted molar refractivity (Wildman–Crippen MR) is 84.3 cm³/mol. The number of amides is 1. The average Bonchev–Trinajstić information content (AvgIpc) is 2.54. The van der Waals surface area contributed by atoms with Crippen molar-refractivity contribution in [2.45, 2.75) is 45.8 Å². The van der Waals surface area contributed by atoms with E-state index in [0.29, 0.717) is 0 Å². The Hall–Kier alpha value is -1.55. The van der Waals surface area contributed by atoms with E-state index in [1.165, 1.54) is 12.0 Å². The van der Waals surface area contributed by atoms with E-state index >= 15 is 0 Å². The summed E-state index contributed by atoms with van der Waals surface area (Å²) in [6, 6.07) is 7.95. The fraction of sp³-hybridized carbons (Fsp3) is 0.588. The molecule has 0 aromatic heterocycles. The Morgan fingerprint density at radius 3 is 2.52 bits per heavy atom. The topological polar surface area (TPSA) is 41.6 Å². The molecule has 1 fully saturated rings. The van der Waals surface area contributed by atoms with Crippen LogP contribution in [0.15, 0.2) is 24.3 Å². The number of ether oxygens (including phenoxy) is 1. The number of carbonyl (C=O) groups excluding carboxylic acids is 1. The zero-order valence-corrected chi connectivity index (χ0v) is 13.1. The molecule has 2 rings (SSSR count). The molecule has 21 heavy (non-hydrogen) atoms. The minimum Gasteiger partial charge on any atom is -0.481 e. The highest BCUT2D eigenvalue weighted by molar-refractivity contribution is 5.81. The molecule has 1 aromatic rings. The molecule has 4 nitrogen and oxygen atoms in total. The number of carbonyl (C=O) groups is 1. The summed E-state index contributed by atoms with van der Waals surface area (Å²) < 4.78 is 5.78. The van der Waals surface area contributed by atoms with Gasteiger partial charge in [0.2, 0.25) is 0 Å². The molecule has 0 radical (unpaired) electrons. The van der Waals surface area contributed by atoms with Crippen LogP contribution in [0.3, 0.4) is 0 Å². The lowest BCUT2D eigenvalue weighted by molar-refractivity contribution is -0.138. The van der Waals surface area contributed by atoms with Gasteiger partial charge in [0.05, 0.1) is 0 Å². The zero-order valence-electron chi connectivity index (χ0n) is 13.1. The van der Waals surface area contributed by atoms with Crippen LogP contribution in [0.5, 0.6) is 5.75 Å². The van der Waals surface area contributed by atoms with Crippen molar-refractivity contribution in [3.63, 3.8) is 0 Å². The molecule has 1 amide bonds. The van der Waals surface area contributed by atoms with Crippen molar-refractivity contribution in [1.29, 1.82) is 0 Å². The number of piperidine rings is 1. The minimum atomic E-state index is -0.414. The molecule has 1 heterocycles. The second-order valence-corrected chi connectivity index (χ2v) is 5.57. The third-order valence-electron chi connectivity index (χ3n) is 3.83. The van der Waals surface area contributed by atoms with E-state index in [1.807, 2.05) is 36.1 Å². The molecule has 0 aliphatic carbocycles. The van der Waals surface area contributed by atoms with Crippen LogP contribution in [0.2, 0.25) is 0 Å². The van der Waals surface area contributed by atoms with Crippen molar-refractivity contribution in [1.82, 2.24) is 10.2 Å². The van der Waals surface area contributed by atoms with Gasteiger partial charge in [-0.25, -0.2) is 0 Å². The number of hydrogen-bond donors (Lipinski definition) is 1.